The number of rotatable bonds is 4. The molecule has 1 saturated carbocycles. The molecule has 0 radical (unpaired) electrons. The topological polar surface area (TPSA) is 106 Å². The van der Waals surface area contributed by atoms with Crippen LogP contribution in [0.5, 0.6) is 0 Å². The molecule has 7 nitrogen and oxygen atoms in total. The van der Waals surface area contributed by atoms with Crippen LogP contribution in [0.25, 0.3) is 0 Å². The van der Waals surface area contributed by atoms with E-state index in [1.54, 1.807) is 10.9 Å². The van der Waals surface area contributed by atoms with Gasteiger partial charge in [-0.2, -0.15) is 5.10 Å². The number of amidine groups is 1. The van der Waals surface area contributed by atoms with E-state index < -0.39 is 5.41 Å². The minimum Gasteiger partial charge on any atom is -0.409 e. The van der Waals surface area contributed by atoms with Gasteiger partial charge in [0.1, 0.15) is 5.41 Å². The van der Waals surface area contributed by atoms with E-state index in [0.717, 1.165) is 18.5 Å². The second-order valence-corrected chi connectivity index (χ2v) is 4.90. The average Bonchev–Trinajstić information content (AvgIpc) is 3.05. The fourth-order valence-electron chi connectivity index (χ4n) is 2.59. The molecule has 0 bridgehead atoms. The maximum absolute atomic E-state index is 12.4. The first-order chi connectivity index (χ1) is 9.10. The van der Waals surface area contributed by atoms with Crippen LogP contribution in [-0.4, -0.2) is 26.7 Å². The van der Waals surface area contributed by atoms with E-state index in [1.165, 1.54) is 0 Å². The standard InChI is InChI=1S/C12H19N5O2/c1-17-9(4-7-15-17)8-14-11(18)12(10(13)16-19)5-2-3-6-12/h4,7,19H,2-3,5-6,8H2,1H3,(H2,13,16)(H,14,18). The Balaban J connectivity index is 2.07. The van der Waals surface area contributed by atoms with E-state index in [4.69, 9.17) is 10.9 Å². The second kappa shape index (κ2) is 5.29. The quantitative estimate of drug-likeness (QED) is 0.316. The highest BCUT2D eigenvalue weighted by molar-refractivity contribution is 6.06. The van der Waals surface area contributed by atoms with Gasteiger partial charge in [-0.1, -0.05) is 18.0 Å². The van der Waals surface area contributed by atoms with Crippen molar-refractivity contribution in [2.75, 3.05) is 0 Å². The zero-order valence-corrected chi connectivity index (χ0v) is 11.0. The summed E-state index contributed by atoms with van der Waals surface area (Å²) in [6, 6.07) is 1.84. The first kappa shape index (κ1) is 13.4. The van der Waals surface area contributed by atoms with Gasteiger partial charge in [-0.3, -0.25) is 9.48 Å². The molecule has 104 valence electrons. The number of hydrogen-bond donors (Lipinski definition) is 3. The lowest BCUT2D eigenvalue weighted by atomic mass is 9.84. The van der Waals surface area contributed by atoms with E-state index >= 15 is 0 Å². The van der Waals surface area contributed by atoms with Gasteiger partial charge < -0.3 is 16.3 Å². The SMILES string of the molecule is Cn1nccc1CNC(=O)C1(C(N)=NO)CCCC1. The Morgan fingerprint density at radius 1 is 1.63 bits per heavy atom. The Labute approximate surface area is 111 Å². The normalized spacial score (nSPS) is 18.5. The summed E-state index contributed by atoms with van der Waals surface area (Å²) in [6.45, 7) is 0.385. The Kier molecular flexibility index (Phi) is 3.73. The number of aryl methyl sites for hydroxylation is 1. The van der Waals surface area contributed by atoms with E-state index in [9.17, 15) is 4.79 Å². The fraction of sp³-hybridized carbons (Fsp3) is 0.583. The molecular weight excluding hydrogens is 246 g/mol. The van der Waals surface area contributed by atoms with Gasteiger partial charge in [-0.25, -0.2) is 0 Å². The number of amides is 1. The third-order valence-electron chi connectivity index (χ3n) is 3.84. The monoisotopic (exact) mass is 265 g/mol. The van der Waals surface area contributed by atoms with Crippen LogP contribution < -0.4 is 11.1 Å². The zero-order chi connectivity index (χ0) is 13.9. The van der Waals surface area contributed by atoms with E-state index in [-0.39, 0.29) is 11.7 Å². The maximum atomic E-state index is 12.4. The summed E-state index contributed by atoms with van der Waals surface area (Å²) in [5.74, 6) is -0.172. The number of aromatic nitrogens is 2. The summed E-state index contributed by atoms with van der Waals surface area (Å²) in [7, 11) is 1.82. The number of carbonyl (C=O) groups is 1. The molecule has 0 aliphatic heterocycles. The number of carbonyl (C=O) groups excluding carboxylic acids is 1. The predicted molar refractivity (Wildman–Crippen MR) is 69.4 cm³/mol. The third-order valence-corrected chi connectivity index (χ3v) is 3.84. The van der Waals surface area contributed by atoms with Crippen molar-refractivity contribution in [1.29, 1.82) is 0 Å². The van der Waals surface area contributed by atoms with Gasteiger partial charge >= 0.3 is 0 Å². The second-order valence-electron chi connectivity index (χ2n) is 4.90. The molecule has 0 spiro atoms. The van der Waals surface area contributed by atoms with Gasteiger partial charge in [0.25, 0.3) is 0 Å². The van der Waals surface area contributed by atoms with Crippen molar-refractivity contribution in [3.05, 3.63) is 18.0 Å². The van der Waals surface area contributed by atoms with Crippen molar-refractivity contribution >= 4 is 11.7 Å². The van der Waals surface area contributed by atoms with Crippen LogP contribution in [0.2, 0.25) is 0 Å². The number of oxime groups is 1. The van der Waals surface area contributed by atoms with Gasteiger partial charge in [-0.05, 0) is 18.9 Å². The molecule has 1 aliphatic carbocycles. The smallest absolute Gasteiger partial charge is 0.234 e. The van der Waals surface area contributed by atoms with Crippen molar-refractivity contribution in [1.82, 2.24) is 15.1 Å². The molecule has 7 heteroatoms. The van der Waals surface area contributed by atoms with Crippen LogP contribution in [0.3, 0.4) is 0 Å². The fourth-order valence-corrected chi connectivity index (χ4v) is 2.59. The highest BCUT2D eigenvalue weighted by Crippen LogP contribution is 2.38. The Hall–Kier alpha value is -2.05. The molecule has 19 heavy (non-hydrogen) atoms. The number of nitrogens with zero attached hydrogens (tertiary/aromatic N) is 3. The molecule has 1 amide bonds. The van der Waals surface area contributed by atoms with Crippen LogP contribution in [0.15, 0.2) is 17.4 Å². The largest absolute Gasteiger partial charge is 0.409 e. The summed E-state index contributed by atoms with van der Waals surface area (Å²) in [5, 5.41) is 18.8. The van der Waals surface area contributed by atoms with Gasteiger partial charge in [0, 0.05) is 13.2 Å². The summed E-state index contributed by atoms with van der Waals surface area (Å²) < 4.78 is 1.70. The summed E-state index contributed by atoms with van der Waals surface area (Å²) in [5.41, 5.74) is 5.76. The molecule has 0 atom stereocenters. The van der Waals surface area contributed by atoms with Gasteiger partial charge in [0.05, 0.1) is 12.2 Å². The van der Waals surface area contributed by atoms with E-state index in [2.05, 4.69) is 15.6 Å². The highest BCUT2D eigenvalue weighted by atomic mass is 16.4. The minimum absolute atomic E-state index is 0.00695. The molecule has 1 aromatic rings. The van der Waals surface area contributed by atoms with Gasteiger partial charge in [0.15, 0.2) is 5.84 Å². The number of hydrogen-bond acceptors (Lipinski definition) is 4. The summed E-state index contributed by atoms with van der Waals surface area (Å²) in [6.07, 6.45) is 4.75. The van der Waals surface area contributed by atoms with Crippen molar-refractivity contribution < 1.29 is 10.0 Å². The van der Waals surface area contributed by atoms with Crippen molar-refractivity contribution in [3.8, 4) is 0 Å². The Morgan fingerprint density at radius 3 is 2.84 bits per heavy atom. The average molecular weight is 265 g/mol. The molecule has 4 N–H and O–H groups in total. The first-order valence-corrected chi connectivity index (χ1v) is 6.33. The third kappa shape index (κ3) is 2.40. The summed E-state index contributed by atoms with van der Waals surface area (Å²) in [4.78, 5) is 12.4. The predicted octanol–water partition coefficient (Wildman–Crippen LogP) is 0.343. The van der Waals surface area contributed by atoms with Crippen LogP contribution in [0.4, 0.5) is 0 Å². The molecule has 1 heterocycles. The number of nitrogens with one attached hydrogen (secondary N) is 1. The van der Waals surface area contributed by atoms with Crippen molar-refractivity contribution in [2.24, 2.45) is 23.4 Å². The first-order valence-electron chi connectivity index (χ1n) is 6.33. The molecule has 1 aromatic heterocycles. The summed E-state index contributed by atoms with van der Waals surface area (Å²) >= 11 is 0. The van der Waals surface area contributed by atoms with Crippen LogP contribution in [0.1, 0.15) is 31.4 Å². The Morgan fingerprint density at radius 2 is 2.32 bits per heavy atom. The lowest BCUT2D eigenvalue weighted by molar-refractivity contribution is -0.127. The molecular formula is C12H19N5O2. The van der Waals surface area contributed by atoms with Gasteiger partial charge in [-0.15, -0.1) is 0 Å². The van der Waals surface area contributed by atoms with E-state index in [0.29, 0.717) is 19.4 Å². The molecule has 2 rings (SSSR count). The lowest BCUT2D eigenvalue weighted by Crippen LogP contribution is -2.48. The van der Waals surface area contributed by atoms with Gasteiger partial charge in [0.2, 0.25) is 5.91 Å². The molecule has 1 fully saturated rings. The molecule has 0 aromatic carbocycles. The zero-order valence-electron chi connectivity index (χ0n) is 11.0. The van der Waals surface area contributed by atoms with Crippen LogP contribution >= 0.6 is 0 Å². The lowest BCUT2D eigenvalue weighted by Gasteiger charge is -2.25. The molecule has 0 saturated heterocycles. The molecule has 1 aliphatic rings. The highest BCUT2D eigenvalue weighted by Gasteiger charge is 2.45. The van der Waals surface area contributed by atoms with Crippen LogP contribution in [-0.2, 0) is 18.4 Å². The number of nitrogens with two attached hydrogens (primary N) is 1. The van der Waals surface area contributed by atoms with E-state index in [1.807, 2.05) is 13.1 Å². The minimum atomic E-state index is -0.854. The molecule has 0 unspecified atom stereocenters. The van der Waals surface area contributed by atoms with Crippen molar-refractivity contribution in [2.45, 2.75) is 32.2 Å². The Bertz CT molecular complexity index is 488. The van der Waals surface area contributed by atoms with Crippen LogP contribution in [0, 0.1) is 5.41 Å². The maximum Gasteiger partial charge on any atom is 0.234 e. The van der Waals surface area contributed by atoms with Crippen molar-refractivity contribution in [3.63, 3.8) is 0 Å².